The number of aliphatic hydroxyl groups is 10. The van der Waals surface area contributed by atoms with Gasteiger partial charge in [-0.25, -0.2) is 0 Å². The van der Waals surface area contributed by atoms with E-state index in [0.717, 1.165) is 0 Å². The molecule has 6 heterocycles. The maximum absolute atomic E-state index is 14.9. The highest BCUT2D eigenvalue weighted by molar-refractivity contribution is 5.73. The number of carbonyl (C=O) groups is 2. The van der Waals surface area contributed by atoms with Crippen LogP contribution in [0.25, 0.3) is 0 Å². The lowest BCUT2D eigenvalue weighted by Crippen LogP contribution is -2.60. The first-order valence-electron chi connectivity index (χ1n) is 40.7. The number of hydrogen-bond acceptors (Lipinski definition) is 29. The molecule has 36 atom stereocenters. The van der Waals surface area contributed by atoms with Crippen molar-refractivity contribution >= 4 is 11.9 Å². The maximum Gasteiger partial charge on any atom is 0.311 e. The Morgan fingerprint density at radius 2 is 0.817 bits per heavy atom. The van der Waals surface area contributed by atoms with Crippen molar-refractivity contribution in [3.63, 3.8) is 0 Å². The average Bonchev–Trinajstić information content (AvgIpc) is 1.62. The molecular formula is C80H151N5O24. The van der Waals surface area contributed by atoms with Crippen molar-refractivity contribution in [3.05, 3.63) is 0 Å². The van der Waals surface area contributed by atoms with E-state index in [2.05, 4.69) is 15.1 Å². The van der Waals surface area contributed by atoms with Gasteiger partial charge in [0.25, 0.3) is 0 Å². The summed E-state index contributed by atoms with van der Waals surface area (Å²) in [4.78, 5) is 37.8. The van der Waals surface area contributed by atoms with E-state index in [9.17, 15) is 60.7 Å². The smallest absolute Gasteiger partial charge is 0.311 e. The number of esters is 2. The van der Waals surface area contributed by atoms with Crippen molar-refractivity contribution in [1.82, 2.24) is 24.9 Å². The molecule has 6 saturated heterocycles. The number of methoxy groups -OCH3 is 2. The summed E-state index contributed by atoms with van der Waals surface area (Å²) in [5.74, 6) is -6.14. The fourth-order valence-corrected chi connectivity index (χ4v) is 18.7. The molecule has 11 N–H and O–H groups in total. The van der Waals surface area contributed by atoms with E-state index >= 15 is 0 Å². The molecule has 0 aliphatic carbocycles. The van der Waals surface area contributed by atoms with Gasteiger partial charge in [0.15, 0.2) is 25.2 Å². The van der Waals surface area contributed by atoms with Crippen molar-refractivity contribution < 1.29 is 117 Å². The molecule has 6 aliphatic rings. The number of nitrogens with zero attached hydrogens (tertiary/aromatic N) is 4. The van der Waals surface area contributed by atoms with Crippen LogP contribution in [0.5, 0.6) is 0 Å². The van der Waals surface area contributed by atoms with Gasteiger partial charge in [-0.2, -0.15) is 0 Å². The fraction of sp³-hybridized carbons (Fsp3) is 0.975. The van der Waals surface area contributed by atoms with Gasteiger partial charge >= 0.3 is 11.9 Å². The Morgan fingerprint density at radius 3 is 1.12 bits per heavy atom. The normalized spacial score (nSPS) is 48.1. The Hall–Kier alpha value is -2.06. The maximum atomic E-state index is 14.9. The van der Waals surface area contributed by atoms with Gasteiger partial charge in [-0.3, -0.25) is 19.4 Å². The topological polar surface area (TPSA) is 372 Å². The summed E-state index contributed by atoms with van der Waals surface area (Å²) in [6.45, 7) is 37.4. The molecule has 6 rings (SSSR count). The highest BCUT2D eigenvalue weighted by atomic mass is 16.7. The van der Waals surface area contributed by atoms with Crippen LogP contribution in [-0.4, -0.2) is 345 Å². The van der Waals surface area contributed by atoms with Crippen LogP contribution in [0.3, 0.4) is 0 Å². The van der Waals surface area contributed by atoms with Crippen LogP contribution in [0, 0.1) is 35.5 Å². The van der Waals surface area contributed by atoms with E-state index < -0.39 is 192 Å². The highest BCUT2D eigenvalue weighted by Crippen LogP contribution is 2.44. The Kier molecular flexibility index (Phi) is 35.1. The molecule has 0 amide bonds. The second kappa shape index (κ2) is 39.9. The van der Waals surface area contributed by atoms with Crippen LogP contribution < -0.4 is 5.32 Å². The number of hydrogen-bond donors (Lipinski definition) is 11. The van der Waals surface area contributed by atoms with Crippen molar-refractivity contribution in [2.75, 3.05) is 81.7 Å². The fourth-order valence-electron chi connectivity index (χ4n) is 18.7. The van der Waals surface area contributed by atoms with Crippen LogP contribution in [0.2, 0.25) is 0 Å². The first kappa shape index (κ1) is 95.8. The molecule has 0 bridgehead atoms. The van der Waals surface area contributed by atoms with Crippen molar-refractivity contribution in [2.24, 2.45) is 35.5 Å². The van der Waals surface area contributed by atoms with Gasteiger partial charge in [0.1, 0.15) is 60.0 Å². The molecule has 0 unspecified atom stereocenters. The third-order valence-corrected chi connectivity index (χ3v) is 25.7. The summed E-state index contributed by atoms with van der Waals surface area (Å²) < 4.78 is 77.3. The van der Waals surface area contributed by atoms with Crippen molar-refractivity contribution in [1.29, 1.82) is 0 Å². The average molecular weight is 1570 g/mol. The third kappa shape index (κ3) is 23.2. The highest BCUT2D eigenvalue weighted by Gasteiger charge is 2.57. The minimum Gasteiger partial charge on any atom is -0.459 e. The first-order valence-corrected chi connectivity index (χ1v) is 40.7. The van der Waals surface area contributed by atoms with Gasteiger partial charge in [-0.1, -0.05) is 41.5 Å². The Balaban J connectivity index is 1.27. The quantitative estimate of drug-likeness (QED) is 0.0540. The number of rotatable bonds is 22. The molecule has 640 valence electrons. The lowest BCUT2D eigenvalue weighted by Gasteiger charge is -2.48. The van der Waals surface area contributed by atoms with Gasteiger partial charge in [-0.15, -0.1) is 0 Å². The van der Waals surface area contributed by atoms with Gasteiger partial charge in [0, 0.05) is 76.2 Å². The summed E-state index contributed by atoms with van der Waals surface area (Å²) in [7, 11) is 10.5. The SMILES string of the molecule is CC[C@H]1OC(=O)[C@H](C)[C@@H](O[C@H]2C[C@@](C)(OC)[C@@H](O)[C@H](C)O2)[C@H](C)[C@@H](O[C@@H]2O[C@H](C)C[C@H](N(C)C)[C@H]2O)[C@](C)(O)C[C@@H](C)CN(CCCNCCCN2C[C@H](C)C[C@@](C)(O)[C@H](O[C@@H]3O[C@H](C)C[C@H](N(C)C)[C@H]3O)[C@@H](C)[C@H](O[C@H]3C[C@@](C)(OC)[C@@H](O)[C@H](C)O3)[C@@H](C)C(=O)O[C@H](CC)[C@@](C)(O)[C@H](O)[C@H]2C)[C@H](C)[C@@H](O)[C@]1(C)O. The van der Waals surface area contributed by atoms with Gasteiger partial charge in [0.2, 0.25) is 0 Å². The Labute approximate surface area is 652 Å². The zero-order chi connectivity index (χ0) is 82.3. The number of cyclic esters (lactones) is 2. The van der Waals surface area contributed by atoms with E-state index in [-0.39, 0.29) is 74.7 Å². The summed E-state index contributed by atoms with van der Waals surface area (Å²) >= 11 is 0. The summed E-state index contributed by atoms with van der Waals surface area (Å²) in [5, 5.41) is 127. The number of ether oxygens (including phenoxy) is 12. The van der Waals surface area contributed by atoms with Crippen molar-refractivity contribution in [3.8, 4) is 0 Å². The molecule has 29 heteroatoms. The van der Waals surface area contributed by atoms with Crippen LogP contribution in [0.15, 0.2) is 0 Å². The second-order valence-electron chi connectivity index (χ2n) is 35.9. The predicted octanol–water partition coefficient (Wildman–Crippen LogP) is 3.93. The van der Waals surface area contributed by atoms with E-state index in [0.29, 0.717) is 65.0 Å². The Morgan fingerprint density at radius 1 is 0.486 bits per heavy atom. The summed E-state index contributed by atoms with van der Waals surface area (Å²) in [5.41, 5.74) is -9.63. The standard InChI is InChI=1S/C80H151N5O24/c1-27-57-79(19,96)65(88)51(11)84(41-43(3)37-75(15,94)69(108-73-61(86)55(82(21)22)35-45(5)100-73)47(7)63(49(9)71(92)104-57)106-59-39-77(17,98-25)67(90)53(13)102-59)33-29-31-81-32-30-34-85-42-44(4)38-76(16,95)70(109-74-62(87)56(83(23)24)36-46(6)101-74)48(8)64(107-60-40-78(18,99-26)68(91)54(14)103-60)50(10)72(93)105-58(28-2)80(20,97)66(89)52(85)12/h43-70,73-74,81,86-91,94-97H,27-42H2,1-26H3/t43-,44-,45-,46-,47+,48+,49-,50-,51-,52-,53+,54+,55+,56+,57-,58-,59+,60+,61-,62-,63+,64+,65-,66-,67+,68+,69-,70-,73+,74+,75-,76-,77-,78-,79-,80-/m1/s1. The molecule has 6 aliphatic heterocycles. The molecular weight excluding hydrogens is 1410 g/mol. The van der Waals surface area contributed by atoms with Crippen LogP contribution in [0.1, 0.15) is 203 Å². The van der Waals surface area contributed by atoms with Crippen LogP contribution in [-0.2, 0) is 66.4 Å². The lowest BCUT2D eigenvalue weighted by molar-refractivity contribution is -0.318. The lowest BCUT2D eigenvalue weighted by atomic mass is 9.77. The molecule has 0 saturated carbocycles. The predicted molar refractivity (Wildman–Crippen MR) is 408 cm³/mol. The first-order chi connectivity index (χ1) is 50.5. The number of nitrogens with one attached hydrogen (secondary N) is 1. The molecule has 0 aromatic rings. The molecule has 109 heavy (non-hydrogen) atoms. The molecule has 0 spiro atoms. The minimum atomic E-state index is -1.99. The van der Waals surface area contributed by atoms with Gasteiger partial charge < -0.3 is 123 Å². The number of aliphatic hydroxyl groups excluding tert-OH is 6. The zero-order valence-electron chi connectivity index (χ0n) is 71.1. The van der Waals surface area contributed by atoms with E-state index in [1.807, 2.05) is 79.5 Å². The van der Waals surface area contributed by atoms with Gasteiger partial charge in [0.05, 0.1) is 83.1 Å². The largest absolute Gasteiger partial charge is 0.459 e. The summed E-state index contributed by atoms with van der Waals surface area (Å²) in [6.07, 6.45) is -18.3. The van der Waals surface area contributed by atoms with Crippen LogP contribution in [0.4, 0.5) is 0 Å². The minimum absolute atomic E-state index is 0.0652. The van der Waals surface area contributed by atoms with E-state index in [4.69, 9.17) is 56.8 Å². The van der Waals surface area contributed by atoms with Crippen LogP contribution >= 0.6 is 0 Å². The zero-order valence-corrected chi connectivity index (χ0v) is 71.1. The molecule has 0 radical (unpaired) electrons. The third-order valence-electron chi connectivity index (χ3n) is 25.7. The summed E-state index contributed by atoms with van der Waals surface area (Å²) in [6, 6.07) is -2.20. The number of carbonyl (C=O) groups excluding carboxylic acids is 2. The van der Waals surface area contributed by atoms with E-state index in [1.165, 1.54) is 28.1 Å². The monoisotopic (exact) mass is 1570 g/mol. The van der Waals surface area contributed by atoms with Crippen molar-refractivity contribution in [2.45, 2.75) is 383 Å². The Bertz CT molecular complexity index is 2580. The molecule has 29 nitrogen and oxygen atoms in total. The molecule has 0 aromatic carbocycles. The number of likely N-dealkylation sites (N-methyl/N-ethyl adjacent to an activating group) is 2. The molecule has 0 aromatic heterocycles. The van der Waals surface area contributed by atoms with Gasteiger partial charge in [-0.05, 0) is 215 Å². The molecule has 6 fully saturated rings. The van der Waals surface area contributed by atoms with E-state index in [1.54, 1.807) is 83.1 Å². The second-order valence-corrected chi connectivity index (χ2v) is 35.9.